The van der Waals surface area contributed by atoms with Crippen LogP contribution in [0.4, 0.5) is 10.5 Å². The zero-order valence-corrected chi connectivity index (χ0v) is 19.5. The molecule has 178 valence electrons. The predicted octanol–water partition coefficient (Wildman–Crippen LogP) is 3.35. The summed E-state index contributed by atoms with van der Waals surface area (Å²) >= 11 is 0.668. The first-order valence-corrected chi connectivity index (χ1v) is 11.9. The lowest BCUT2D eigenvalue weighted by Gasteiger charge is -2.13. The summed E-state index contributed by atoms with van der Waals surface area (Å²) in [5.41, 5.74) is 0.222. The summed E-state index contributed by atoms with van der Waals surface area (Å²) in [6, 6.07) is 9.87. The maximum Gasteiger partial charge on any atom is 0.339 e. The van der Waals surface area contributed by atoms with Crippen LogP contribution in [0.5, 0.6) is 5.75 Å². The van der Waals surface area contributed by atoms with Crippen LogP contribution in [0.1, 0.15) is 19.4 Å². The van der Waals surface area contributed by atoms with Crippen molar-refractivity contribution in [3.63, 3.8) is 0 Å². The van der Waals surface area contributed by atoms with Crippen molar-refractivity contribution in [2.75, 3.05) is 6.54 Å². The van der Waals surface area contributed by atoms with Crippen LogP contribution >= 0.6 is 11.8 Å². The molecule has 3 rings (SSSR count). The van der Waals surface area contributed by atoms with Gasteiger partial charge in [-0.25, -0.2) is 0 Å². The number of carbonyl (C=O) groups is 3. The molecule has 1 heterocycles. The van der Waals surface area contributed by atoms with Gasteiger partial charge in [0.05, 0.1) is 15.9 Å². The van der Waals surface area contributed by atoms with Gasteiger partial charge < -0.3 is 8.92 Å². The molecule has 0 radical (unpaired) electrons. The SMILES string of the molecule is CC(C)OC(=O)CN1C(=O)S/C(=C\c2ccc(OS(=O)(=O)c3ccc([N+](=O)[O-])cc3)cc2)C1=O. The molecule has 0 aliphatic carbocycles. The van der Waals surface area contributed by atoms with E-state index in [-0.39, 0.29) is 27.3 Å². The number of non-ortho nitro benzene ring substituents is 1. The number of thioether (sulfide) groups is 1. The second-order valence-electron chi connectivity index (χ2n) is 7.16. The zero-order valence-electron chi connectivity index (χ0n) is 17.9. The number of nitro groups is 1. The average Bonchev–Trinajstić information content (AvgIpc) is 3.01. The van der Waals surface area contributed by atoms with E-state index < -0.39 is 38.7 Å². The summed E-state index contributed by atoms with van der Waals surface area (Å²) in [5.74, 6) is -1.37. The number of nitro benzene ring substituents is 1. The molecule has 0 N–H and O–H groups in total. The lowest BCUT2D eigenvalue weighted by atomic mass is 10.2. The minimum atomic E-state index is -4.23. The van der Waals surface area contributed by atoms with Gasteiger partial charge in [-0.3, -0.25) is 29.4 Å². The van der Waals surface area contributed by atoms with E-state index in [4.69, 9.17) is 8.92 Å². The highest BCUT2D eigenvalue weighted by Crippen LogP contribution is 2.32. The lowest BCUT2D eigenvalue weighted by molar-refractivity contribution is -0.384. The van der Waals surface area contributed by atoms with E-state index in [1.165, 1.54) is 30.3 Å². The summed E-state index contributed by atoms with van der Waals surface area (Å²) in [4.78, 5) is 47.0. The Balaban J connectivity index is 1.69. The third-order valence-corrected chi connectivity index (χ3v) is 6.42. The molecular weight excluding hydrogens is 488 g/mol. The van der Waals surface area contributed by atoms with Gasteiger partial charge in [0, 0.05) is 12.1 Å². The van der Waals surface area contributed by atoms with Gasteiger partial charge in [-0.2, -0.15) is 8.42 Å². The molecule has 2 amide bonds. The van der Waals surface area contributed by atoms with Gasteiger partial charge in [0.25, 0.3) is 16.8 Å². The zero-order chi connectivity index (χ0) is 25.0. The number of hydrogen-bond donors (Lipinski definition) is 0. The van der Waals surface area contributed by atoms with E-state index in [0.29, 0.717) is 17.3 Å². The summed E-state index contributed by atoms with van der Waals surface area (Å²) in [6.45, 7) is 2.81. The van der Waals surface area contributed by atoms with Crippen LogP contribution in [0, 0.1) is 10.1 Å². The van der Waals surface area contributed by atoms with Crippen molar-refractivity contribution in [1.82, 2.24) is 4.90 Å². The van der Waals surface area contributed by atoms with Crippen molar-refractivity contribution in [2.24, 2.45) is 0 Å². The van der Waals surface area contributed by atoms with Crippen molar-refractivity contribution in [1.29, 1.82) is 0 Å². The van der Waals surface area contributed by atoms with Gasteiger partial charge in [0.2, 0.25) is 0 Å². The first-order valence-electron chi connectivity index (χ1n) is 9.70. The van der Waals surface area contributed by atoms with Crippen LogP contribution in [-0.4, -0.2) is 48.0 Å². The molecule has 1 aliphatic rings. The summed E-state index contributed by atoms with van der Waals surface area (Å²) in [7, 11) is -4.23. The molecule has 34 heavy (non-hydrogen) atoms. The number of benzene rings is 2. The Morgan fingerprint density at radius 1 is 1.12 bits per heavy atom. The molecule has 0 saturated carbocycles. The summed E-state index contributed by atoms with van der Waals surface area (Å²) in [5, 5.41) is 10.1. The van der Waals surface area contributed by atoms with E-state index in [1.807, 2.05) is 0 Å². The third kappa shape index (κ3) is 5.99. The van der Waals surface area contributed by atoms with Crippen molar-refractivity contribution in [3.05, 3.63) is 69.1 Å². The van der Waals surface area contributed by atoms with Crippen LogP contribution in [0.15, 0.2) is 58.3 Å². The highest BCUT2D eigenvalue weighted by Gasteiger charge is 2.36. The normalized spacial score (nSPS) is 15.1. The number of amides is 2. The molecule has 13 heteroatoms. The fourth-order valence-electron chi connectivity index (χ4n) is 2.75. The number of esters is 1. The molecular formula is C21H18N2O9S2. The molecule has 1 fully saturated rings. The third-order valence-electron chi connectivity index (χ3n) is 4.25. The van der Waals surface area contributed by atoms with E-state index in [2.05, 4.69) is 0 Å². The predicted molar refractivity (Wildman–Crippen MR) is 121 cm³/mol. The second kappa shape index (κ2) is 10.1. The lowest BCUT2D eigenvalue weighted by Crippen LogP contribution is -2.35. The monoisotopic (exact) mass is 506 g/mol. The van der Waals surface area contributed by atoms with Gasteiger partial charge in [-0.05, 0) is 61.5 Å². The molecule has 0 atom stereocenters. The standard InChI is InChI=1S/C21H18N2O9S2/c1-13(2)31-19(24)12-22-20(25)18(33-21(22)26)11-14-3-7-16(8-4-14)32-34(29,30)17-9-5-15(6-10-17)23(27)28/h3-11,13H,12H2,1-2H3/b18-11-. The topological polar surface area (TPSA) is 150 Å². The molecule has 0 bridgehead atoms. The van der Waals surface area contributed by atoms with E-state index in [0.717, 1.165) is 29.2 Å². The Labute approximate surface area is 198 Å². The fourth-order valence-corrected chi connectivity index (χ4v) is 4.51. The molecule has 0 unspecified atom stereocenters. The Hall–Kier alpha value is -3.71. The minimum absolute atomic E-state index is 0.0277. The largest absolute Gasteiger partial charge is 0.462 e. The summed E-state index contributed by atoms with van der Waals surface area (Å²) < 4.78 is 34.8. The van der Waals surface area contributed by atoms with Crippen LogP contribution in [0.2, 0.25) is 0 Å². The van der Waals surface area contributed by atoms with Crippen LogP contribution in [-0.2, 0) is 24.4 Å². The van der Waals surface area contributed by atoms with Crippen molar-refractivity contribution in [3.8, 4) is 5.75 Å². The molecule has 0 spiro atoms. The Morgan fingerprint density at radius 2 is 1.74 bits per heavy atom. The molecule has 2 aromatic carbocycles. The molecule has 1 saturated heterocycles. The van der Waals surface area contributed by atoms with Crippen LogP contribution in [0.25, 0.3) is 6.08 Å². The van der Waals surface area contributed by atoms with E-state index in [1.54, 1.807) is 13.8 Å². The first kappa shape index (κ1) is 24.9. The van der Waals surface area contributed by atoms with Crippen molar-refractivity contribution in [2.45, 2.75) is 24.8 Å². The smallest absolute Gasteiger partial charge is 0.339 e. The highest BCUT2D eigenvalue weighted by molar-refractivity contribution is 8.18. The first-order chi connectivity index (χ1) is 16.0. The Morgan fingerprint density at radius 3 is 2.29 bits per heavy atom. The average molecular weight is 507 g/mol. The Kier molecular flexibility index (Phi) is 7.37. The quantitative estimate of drug-likeness (QED) is 0.171. The fraction of sp³-hybridized carbons (Fsp3) is 0.190. The number of hydrogen-bond acceptors (Lipinski definition) is 10. The van der Waals surface area contributed by atoms with Gasteiger partial charge in [0.1, 0.15) is 17.2 Å². The molecule has 0 aromatic heterocycles. The number of carbonyl (C=O) groups excluding carboxylic acids is 3. The van der Waals surface area contributed by atoms with Gasteiger partial charge in [-0.1, -0.05) is 12.1 Å². The van der Waals surface area contributed by atoms with Gasteiger partial charge in [0.15, 0.2) is 0 Å². The van der Waals surface area contributed by atoms with Gasteiger partial charge >= 0.3 is 16.1 Å². The number of ether oxygens (including phenoxy) is 1. The minimum Gasteiger partial charge on any atom is -0.462 e. The number of nitrogens with zero attached hydrogens (tertiary/aromatic N) is 2. The maximum absolute atomic E-state index is 12.5. The van der Waals surface area contributed by atoms with Crippen LogP contribution < -0.4 is 4.18 Å². The molecule has 2 aromatic rings. The van der Waals surface area contributed by atoms with Crippen molar-refractivity contribution >= 4 is 50.8 Å². The van der Waals surface area contributed by atoms with E-state index >= 15 is 0 Å². The Bertz CT molecular complexity index is 1270. The van der Waals surface area contributed by atoms with E-state index in [9.17, 15) is 32.9 Å². The number of rotatable bonds is 8. The molecule has 1 aliphatic heterocycles. The van der Waals surface area contributed by atoms with Crippen LogP contribution in [0.3, 0.4) is 0 Å². The number of imide groups is 1. The van der Waals surface area contributed by atoms with Crippen molar-refractivity contribution < 1.29 is 36.6 Å². The molecule has 11 nitrogen and oxygen atoms in total. The van der Waals surface area contributed by atoms with Gasteiger partial charge in [-0.15, -0.1) is 0 Å². The summed E-state index contributed by atoms with van der Waals surface area (Å²) in [6.07, 6.45) is 1.04. The maximum atomic E-state index is 12.5. The second-order valence-corrected chi connectivity index (χ2v) is 9.70. The highest BCUT2D eigenvalue weighted by atomic mass is 32.2.